The molecule has 0 heterocycles. The maximum absolute atomic E-state index is 4.45. The third-order valence-electron chi connectivity index (χ3n) is 0.0833. The van der Waals surface area contributed by atoms with Crippen LogP contribution in [0.15, 0.2) is 0 Å². The fourth-order valence-electron chi connectivity index (χ4n) is 0. The minimum absolute atomic E-state index is 0. The van der Waals surface area contributed by atoms with Crippen LogP contribution >= 0.6 is 0 Å². The Kier molecular flexibility index (Phi) is 87.3. The molecule has 44 valence electrons. The predicted molar refractivity (Wildman–Crippen MR) is 43.7 cm³/mol. The topological polar surface area (TPSA) is 0 Å². The number of hydrogen-bond acceptors (Lipinski definition) is 2. The summed E-state index contributed by atoms with van der Waals surface area (Å²) >= 11 is 8.90. The van der Waals surface area contributed by atoms with Gasteiger partial charge in [0.05, 0.1) is 0 Å². The van der Waals surface area contributed by atoms with E-state index in [2.05, 4.69) is 25.3 Å². The second-order valence-corrected chi connectivity index (χ2v) is 1.22. The second-order valence-electron chi connectivity index (χ2n) is 0.408. The Hall–Kier alpha value is 1.50. The molecule has 0 saturated carbocycles. The first kappa shape index (κ1) is 23.6. The van der Waals surface area contributed by atoms with Gasteiger partial charge >= 0.3 is 23.9 Å². The number of rotatable bonds is 1. The molecule has 0 atom stereocenters. The van der Waals surface area contributed by atoms with Crippen molar-refractivity contribution in [2.45, 2.75) is 14.9 Å². The summed E-state index contributed by atoms with van der Waals surface area (Å²) < 4.78 is 0. The summed E-state index contributed by atoms with van der Waals surface area (Å²) in [6.07, 6.45) is 0. The van der Waals surface area contributed by atoms with Crippen LogP contribution in [0.25, 0.3) is 0 Å². The van der Waals surface area contributed by atoms with Gasteiger partial charge in [0.15, 0.2) is 0 Å². The van der Waals surface area contributed by atoms with Crippen LogP contribution in [0, 0.1) is 0 Å². The fraction of sp³-hybridized carbons (Fsp3) is 1.00. The average molecular weight is 243 g/mol. The van der Waals surface area contributed by atoms with E-state index in [4.69, 9.17) is 0 Å². The van der Waals surface area contributed by atoms with Crippen LogP contribution in [0.5, 0.6) is 0 Å². The van der Waals surface area contributed by atoms with Crippen molar-refractivity contribution in [3.05, 3.63) is 0 Å². The molecule has 0 N–H and O–H groups in total. The van der Waals surface area contributed by atoms with E-state index < -0.39 is 0 Å². The van der Waals surface area contributed by atoms with Gasteiger partial charge in [0.25, 0.3) is 0 Å². The Labute approximate surface area is 75.2 Å². The Bertz CT molecular complexity index is 11.7. The standard InChI is InChI=1S/C2H6S2.2CH4.Sn/c3-1-2-4;;;/h3-4H,1-2H2;2*1H4;/q;;;+2/p-2. The summed E-state index contributed by atoms with van der Waals surface area (Å²) in [7, 11) is 0. The molecule has 0 aromatic carbocycles. The Morgan fingerprint density at radius 2 is 1.00 bits per heavy atom. The summed E-state index contributed by atoms with van der Waals surface area (Å²) in [6, 6.07) is 0. The molecular formula is C4H12S2Sn. The maximum atomic E-state index is 4.45. The van der Waals surface area contributed by atoms with E-state index in [9.17, 15) is 0 Å². The minimum atomic E-state index is 0. The fourth-order valence-corrected chi connectivity index (χ4v) is 0. The molecule has 0 nitrogen and oxygen atoms in total. The molecule has 0 aromatic rings. The van der Waals surface area contributed by atoms with E-state index in [0.29, 0.717) is 0 Å². The Balaban J connectivity index is -0.0000000150. The van der Waals surface area contributed by atoms with E-state index >= 15 is 0 Å². The zero-order valence-corrected chi connectivity index (χ0v) is 7.22. The molecule has 0 unspecified atom stereocenters. The monoisotopic (exact) mass is 244 g/mol. The molecule has 0 amide bonds. The van der Waals surface area contributed by atoms with Gasteiger partial charge in [-0.15, -0.1) is 0 Å². The Morgan fingerprint density at radius 3 is 1.00 bits per heavy atom. The normalized spacial score (nSPS) is 4.29. The number of hydrogen-bond donors (Lipinski definition) is 0. The van der Waals surface area contributed by atoms with E-state index in [1.54, 1.807) is 0 Å². The summed E-state index contributed by atoms with van der Waals surface area (Å²) in [5, 5.41) is 0. The van der Waals surface area contributed by atoms with Crippen molar-refractivity contribution < 1.29 is 0 Å². The van der Waals surface area contributed by atoms with Gasteiger partial charge in [-0.05, 0) is 0 Å². The maximum Gasteiger partial charge on any atom is 2.00 e. The van der Waals surface area contributed by atoms with Gasteiger partial charge in [0, 0.05) is 0 Å². The van der Waals surface area contributed by atoms with E-state index in [1.807, 2.05) is 0 Å². The van der Waals surface area contributed by atoms with Crippen molar-refractivity contribution in [3.8, 4) is 0 Å². The van der Waals surface area contributed by atoms with Gasteiger partial charge in [0.2, 0.25) is 0 Å². The molecule has 0 rings (SSSR count). The summed E-state index contributed by atoms with van der Waals surface area (Å²) in [6.45, 7) is 0. The summed E-state index contributed by atoms with van der Waals surface area (Å²) in [5.41, 5.74) is 0. The van der Waals surface area contributed by atoms with Crippen LogP contribution in [-0.2, 0) is 25.3 Å². The third-order valence-corrected chi connectivity index (χ3v) is 0.750. The first-order chi connectivity index (χ1) is 1.91. The van der Waals surface area contributed by atoms with E-state index in [1.165, 1.54) is 0 Å². The first-order valence-electron chi connectivity index (χ1n) is 1.08. The third kappa shape index (κ3) is 36.3. The van der Waals surface area contributed by atoms with Crippen molar-refractivity contribution in [2.24, 2.45) is 0 Å². The molecule has 0 saturated heterocycles. The molecule has 0 fully saturated rings. The van der Waals surface area contributed by atoms with E-state index in [0.717, 1.165) is 11.5 Å². The van der Waals surface area contributed by atoms with E-state index in [-0.39, 0.29) is 38.8 Å². The second kappa shape index (κ2) is 25.9. The molecule has 0 aliphatic heterocycles. The van der Waals surface area contributed by atoms with Gasteiger partial charge in [-0.25, -0.2) is 0 Å². The van der Waals surface area contributed by atoms with Crippen molar-refractivity contribution >= 4 is 49.2 Å². The van der Waals surface area contributed by atoms with Crippen LogP contribution < -0.4 is 0 Å². The smallest absolute Gasteiger partial charge is 0.794 e. The van der Waals surface area contributed by atoms with Crippen molar-refractivity contribution in [1.82, 2.24) is 0 Å². The van der Waals surface area contributed by atoms with Gasteiger partial charge < -0.3 is 25.3 Å². The molecule has 0 aromatic heterocycles. The van der Waals surface area contributed by atoms with Crippen molar-refractivity contribution in [2.75, 3.05) is 11.5 Å². The first-order valence-corrected chi connectivity index (χ1v) is 2.23. The summed E-state index contributed by atoms with van der Waals surface area (Å²) in [4.78, 5) is 0. The van der Waals surface area contributed by atoms with Gasteiger partial charge in [-0.2, -0.15) is 11.5 Å². The van der Waals surface area contributed by atoms with Gasteiger partial charge in [-0.3, -0.25) is 0 Å². The quantitative estimate of drug-likeness (QED) is 0.497. The van der Waals surface area contributed by atoms with Crippen LogP contribution in [0.1, 0.15) is 14.9 Å². The largest absolute Gasteiger partial charge is 2.00 e. The minimum Gasteiger partial charge on any atom is -0.794 e. The zero-order valence-electron chi connectivity index (χ0n) is 2.73. The molecule has 3 heteroatoms. The van der Waals surface area contributed by atoms with Crippen LogP contribution in [0.3, 0.4) is 0 Å². The molecular weight excluding hydrogens is 231 g/mol. The van der Waals surface area contributed by atoms with Crippen LogP contribution in [-0.4, -0.2) is 35.4 Å². The average Bonchev–Trinajstić information content (AvgIpc) is 1.37. The van der Waals surface area contributed by atoms with Crippen molar-refractivity contribution in [3.63, 3.8) is 0 Å². The Morgan fingerprint density at radius 1 is 0.857 bits per heavy atom. The SMILES string of the molecule is C.C.[S-]CC[S-].[Sn+2]. The van der Waals surface area contributed by atoms with Gasteiger partial charge in [-0.1, -0.05) is 14.9 Å². The zero-order chi connectivity index (χ0) is 3.41. The molecule has 0 spiro atoms. The van der Waals surface area contributed by atoms with Crippen LogP contribution in [0.2, 0.25) is 0 Å². The summed E-state index contributed by atoms with van der Waals surface area (Å²) in [5.74, 6) is 1.44. The molecule has 7 heavy (non-hydrogen) atoms. The predicted octanol–water partition coefficient (Wildman–Crippen LogP) is 0.972. The van der Waals surface area contributed by atoms with Gasteiger partial charge in [0.1, 0.15) is 0 Å². The van der Waals surface area contributed by atoms with Crippen molar-refractivity contribution in [1.29, 1.82) is 0 Å². The molecule has 0 aliphatic rings. The molecule has 2 radical (unpaired) electrons. The molecule has 0 bridgehead atoms. The molecule has 0 aliphatic carbocycles. The van der Waals surface area contributed by atoms with Crippen LogP contribution in [0.4, 0.5) is 0 Å².